The van der Waals surface area contributed by atoms with E-state index in [0.717, 1.165) is 16.8 Å². The molecule has 0 spiro atoms. The summed E-state index contributed by atoms with van der Waals surface area (Å²) >= 11 is 0. The topological polar surface area (TPSA) is 76.2 Å². The average Bonchev–Trinajstić information content (AvgIpc) is 3.04. The van der Waals surface area contributed by atoms with Gasteiger partial charge in [0.25, 0.3) is 11.9 Å². The van der Waals surface area contributed by atoms with Gasteiger partial charge in [0, 0.05) is 20.1 Å². The number of para-hydroxylation sites is 2. The highest BCUT2D eigenvalue weighted by Gasteiger charge is 2.32. The molecule has 7 heteroatoms. The van der Waals surface area contributed by atoms with Crippen molar-refractivity contribution >= 4 is 23.0 Å². The van der Waals surface area contributed by atoms with E-state index in [0.29, 0.717) is 24.8 Å². The van der Waals surface area contributed by atoms with Crippen LogP contribution in [0.4, 0.5) is 6.01 Å². The summed E-state index contributed by atoms with van der Waals surface area (Å²) in [6.45, 7) is 3.25. The predicted molar refractivity (Wildman–Crippen MR) is 85.4 cm³/mol. The van der Waals surface area contributed by atoms with Crippen LogP contribution in [0, 0.1) is 6.92 Å². The van der Waals surface area contributed by atoms with Crippen LogP contribution in [0.1, 0.15) is 16.2 Å². The second-order valence-corrected chi connectivity index (χ2v) is 5.83. The highest BCUT2D eigenvalue weighted by Crippen LogP contribution is 2.25. The number of carbonyl (C=O) groups is 1. The number of oxazole rings is 1. The molecule has 1 amide bonds. The molecule has 0 aliphatic carbocycles. The van der Waals surface area contributed by atoms with Crippen molar-refractivity contribution in [2.24, 2.45) is 7.05 Å². The Morgan fingerprint density at radius 3 is 2.83 bits per heavy atom. The van der Waals surface area contributed by atoms with E-state index in [-0.39, 0.29) is 11.9 Å². The van der Waals surface area contributed by atoms with Gasteiger partial charge in [-0.2, -0.15) is 10.1 Å². The van der Waals surface area contributed by atoms with Gasteiger partial charge in [0.15, 0.2) is 5.58 Å². The van der Waals surface area contributed by atoms with E-state index >= 15 is 0 Å². The minimum atomic E-state index is -0.102. The number of aryl methyl sites for hydroxylation is 2. The number of fused-ring (bicyclic) bond motifs is 1. The van der Waals surface area contributed by atoms with Crippen LogP contribution < -0.4 is 10.2 Å². The first kappa shape index (κ1) is 13.8. The molecule has 4 rings (SSSR count). The molecule has 1 aromatic carbocycles. The average molecular weight is 311 g/mol. The first-order valence-corrected chi connectivity index (χ1v) is 7.52. The van der Waals surface area contributed by atoms with Crippen LogP contribution in [0.3, 0.4) is 0 Å². The SMILES string of the molecule is Cc1cc(C(=O)NC2CN(c3nc4ccccc4o3)C2)n(C)n1. The Kier molecular flexibility index (Phi) is 3.07. The van der Waals surface area contributed by atoms with Crippen molar-refractivity contribution in [3.05, 3.63) is 41.7 Å². The lowest BCUT2D eigenvalue weighted by Gasteiger charge is -2.38. The Morgan fingerprint density at radius 2 is 2.13 bits per heavy atom. The van der Waals surface area contributed by atoms with E-state index in [9.17, 15) is 4.79 Å². The molecule has 1 saturated heterocycles. The summed E-state index contributed by atoms with van der Waals surface area (Å²) in [6, 6.07) is 10.2. The molecule has 0 saturated carbocycles. The molecule has 0 unspecified atom stereocenters. The van der Waals surface area contributed by atoms with E-state index in [2.05, 4.69) is 15.4 Å². The monoisotopic (exact) mass is 311 g/mol. The summed E-state index contributed by atoms with van der Waals surface area (Å²) in [7, 11) is 1.77. The van der Waals surface area contributed by atoms with Crippen molar-refractivity contribution < 1.29 is 9.21 Å². The first-order chi connectivity index (χ1) is 11.1. The quantitative estimate of drug-likeness (QED) is 0.793. The fraction of sp³-hybridized carbons (Fsp3) is 0.312. The third-order valence-electron chi connectivity index (χ3n) is 4.00. The lowest BCUT2D eigenvalue weighted by atomic mass is 10.1. The Hall–Kier alpha value is -2.83. The van der Waals surface area contributed by atoms with Crippen molar-refractivity contribution in [2.75, 3.05) is 18.0 Å². The lowest BCUT2D eigenvalue weighted by Crippen LogP contribution is -2.59. The van der Waals surface area contributed by atoms with Crippen molar-refractivity contribution in [2.45, 2.75) is 13.0 Å². The third kappa shape index (κ3) is 2.44. The van der Waals surface area contributed by atoms with E-state index in [4.69, 9.17) is 4.42 Å². The molecule has 1 N–H and O–H groups in total. The highest BCUT2D eigenvalue weighted by atomic mass is 16.4. The minimum Gasteiger partial charge on any atom is -0.423 e. The largest absolute Gasteiger partial charge is 0.423 e. The Bertz CT molecular complexity index is 843. The molecule has 0 bridgehead atoms. The second-order valence-electron chi connectivity index (χ2n) is 5.83. The van der Waals surface area contributed by atoms with Gasteiger partial charge in [0.2, 0.25) is 0 Å². The summed E-state index contributed by atoms with van der Waals surface area (Å²) in [4.78, 5) is 18.7. The van der Waals surface area contributed by atoms with Crippen molar-refractivity contribution in [1.29, 1.82) is 0 Å². The predicted octanol–water partition coefficient (Wildman–Crippen LogP) is 1.49. The van der Waals surface area contributed by atoms with Crippen LogP contribution in [-0.4, -0.2) is 39.8 Å². The van der Waals surface area contributed by atoms with Crippen LogP contribution >= 0.6 is 0 Å². The number of nitrogens with one attached hydrogen (secondary N) is 1. The van der Waals surface area contributed by atoms with Gasteiger partial charge in [-0.05, 0) is 25.1 Å². The van der Waals surface area contributed by atoms with Crippen LogP contribution in [0.15, 0.2) is 34.7 Å². The summed E-state index contributed by atoms with van der Waals surface area (Å²) < 4.78 is 7.32. The van der Waals surface area contributed by atoms with E-state index in [1.807, 2.05) is 36.1 Å². The number of carbonyl (C=O) groups excluding carboxylic acids is 1. The Morgan fingerprint density at radius 1 is 1.35 bits per heavy atom. The summed E-state index contributed by atoms with van der Waals surface area (Å²) in [5.41, 5.74) is 3.03. The molecule has 0 atom stereocenters. The minimum absolute atomic E-state index is 0.0905. The van der Waals surface area contributed by atoms with Crippen molar-refractivity contribution in [1.82, 2.24) is 20.1 Å². The summed E-state index contributed by atoms with van der Waals surface area (Å²) in [5, 5.41) is 7.20. The molecular weight excluding hydrogens is 294 g/mol. The van der Waals surface area contributed by atoms with Crippen LogP contribution in [-0.2, 0) is 7.05 Å². The third-order valence-corrected chi connectivity index (χ3v) is 4.00. The maximum Gasteiger partial charge on any atom is 0.298 e. The maximum absolute atomic E-state index is 12.2. The first-order valence-electron chi connectivity index (χ1n) is 7.52. The molecular formula is C16H17N5O2. The van der Waals surface area contributed by atoms with Gasteiger partial charge in [-0.25, -0.2) is 0 Å². The number of rotatable bonds is 3. The van der Waals surface area contributed by atoms with Gasteiger partial charge < -0.3 is 14.6 Å². The Labute approximate surface area is 132 Å². The second kappa shape index (κ2) is 5.12. The van der Waals surface area contributed by atoms with E-state index in [1.165, 1.54) is 0 Å². The number of hydrogen-bond donors (Lipinski definition) is 1. The molecule has 1 aliphatic rings. The lowest BCUT2D eigenvalue weighted by molar-refractivity contribution is 0.0919. The molecule has 3 heterocycles. The molecule has 118 valence electrons. The number of nitrogens with zero attached hydrogens (tertiary/aromatic N) is 4. The van der Waals surface area contributed by atoms with Gasteiger partial charge in [-0.1, -0.05) is 12.1 Å². The van der Waals surface area contributed by atoms with Gasteiger partial charge in [0.1, 0.15) is 11.2 Å². The van der Waals surface area contributed by atoms with E-state index in [1.54, 1.807) is 17.8 Å². The number of benzene rings is 1. The van der Waals surface area contributed by atoms with E-state index < -0.39 is 0 Å². The van der Waals surface area contributed by atoms with Gasteiger partial charge in [-0.3, -0.25) is 9.48 Å². The zero-order valence-electron chi connectivity index (χ0n) is 13.0. The standard InChI is InChI=1S/C16H17N5O2/c1-10-7-13(20(2)19-10)15(22)17-11-8-21(9-11)16-18-12-5-3-4-6-14(12)23-16/h3-7,11H,8-9H2,1-2H3,(H,17,22). The maximum atomic E-state index is 12.2. The smallest absolute Gasteiger partial charge is 0.298 e. The van der Waals surface area contributed by atoms with Crippen LogP contribution in [0.5, 0.6) is 0 Å². The van der Waals surface area contributed by atoms with Crippen LogP contribution in [0.2, 0.25) is 0 Å². The van der Waals surface area contributed by atoms with Crippen molar-refractivity contribution in [3.63, 3.8) is 0 Å². The highest BCUT2D eigenvalue weighted by molar-refractivity contribution is 5.93. The number of amides is 1. The van der Waals surface area contributed by atoms with Gasteiger partial charge >= 0.3 is 0 Å². The molecule has 2 aromatic heterocycles. The normalized spacial score (nSPS) is 15.0. The van der Waals surface area contributed by atoms with Gasteiger partial charge in [0.05, 0.1) is 11.7 Å². The fourth-order valence-electron chi connectivity index (χ4n) is 2.80. The molecule has 1 fully saturated rings. The molecule has 7 nitrogen and oxygen atoms in total. The molecule has 1 aliphatic heterocycles. The summed E-state index contributed by atoms with van der Waals surface area (Å²) in [6.07, 6.45) is 0. The molecule has 3 aromatic rings. The molecule has 23 heavy (non-hydrogen) atoms. The fourth-order valence-corrected chi connectivity index (χ4v) is 2.80. The Balaban J connectivity index is 1.39. The van der Waals surface area contributed by atoms with Crippen LogP contribution in [0.25, 0.3) is 11.1 Å². The molecule has 0 radical (unpaired) electrons. The number of hydrogen-bond acceptors (Lipinski definition) is 5. The van der Waals surface area contributed by atoms with Crippen molar-refractivity contribution in [3.8, 4) is 0 Å². The zero-order valence-corrected chi connectivity index (χ0v) is 13.0. The number of aromatic nitrogens is 3. The summed E-state index contributed by atoms with van der Waals surface area (Å²) in [5.74, 6) is -0.102. The van der Waals surface area contributed by atoms with Gasteiger partial charge in [-0.15, -0.1) is 0 Å². The number of anilines is 1. The zero-order chi connectivity index (χ0) is 16.0.